The van der Waals surface area contributed by atoms with Gasteiger partial charge in [-0.25, -0.2) is 0 Å². The molecule has 0 saturated carbocycles. The van der Waals surface area contributed by atoms with Crippen molar-refractivity contribution < 1.29 is 14.6 Å². The smallest absolute Gasteiger partial charge is 0.187 e. The van der Waals surface area contributed by atoms with Crippen LogP contribution in [-0.4, -0.2) is 22.8 Å². The molecule has 2 aliphatic heterocycles. The lowest BCUT2D eigenvalue weighted by Crippen LogP contribution is -2.39. The van der Waals surface area contributed by atoms with E-state index in [9.17, 15) is 5.11 Å². The predicted octanol–water partition coefficient (Wildman–Crippen LogP) is 1.01. The van der Waals surface area contributed by atoms with Gasteiger partial charge in [0.15, 0.2) is 12.1 Å². The van der Waals surface area contributed by atoms with Gasteiger partial charge in [0.25, 0.3) is 0 Å². The van der Waals surface area contributed by atoms with Gasteiger partial charge in [-0.3, -0.25) is 0 Å². The molecule has 0 aromatic carbocycles. The number of aliphatic hydroxyl groups is 1. The van der Waals surface area contributed by atoms with Crippen LogP contribution in [-0.2, 0) is 9.47 Å². The fourth-order valence-electron chi connectivity index (χ4n) is 1.97. The Bertz CT molecular complexity index is 182. The third-order valence-corrected chi connectivity index (χ3v) is 2.64. The Morgan fingerprint density at radius 1 is 1.36 bits per heavy atom. The van der Waals surface area contributed by atoms with E-state index < -0.39 is 17.7 Å². The van der Waals surface area contributed by atoms with Gasteiger partial charge in [-0.15, -0.1) is 0 Å². The first-order valence-electron chi connectivity index (χ1n) is 4.10. The molecule has 0 aromatic rings. The third-order valence-electron chi connectivity index (χ3n) is 2.64. The summed E-state index contributed by atoms with van der Waals surface area (Å²) >= 11 is 0. The number of rotatable bonds is 0. The summed E-state index contributed by atoms with van der Waals surface area (Å²) in [6.45, 7) is 3.79. The summed E-state index contributed by atoms with van der Waals surface area (Å²) in [4.78, 5) is 0. The molecule has 2 rings (SSSR count). The van der Waals surface area contributed by atoms with Crippen LogP contribution in [0.1, 0.15) is 33.1 Å². The van der Waals surface area contributed by atoms with Gasteiger partial charge in [0.05, 0.1) is 0 Å². The van der Waals surface area contributed by atoms with Crippen LogP contribution in [0.4, 0.5) is 0 Å². The van der Waals surface area contributed by atoms with E-state index in [1.807, 2.05) is 13.8 Å². The van der Waals surface area contributed by atoms with Crippen LogP contribution in [0.15, 0.2) is 0 Å². The SMILES string of the molecule is C[C@@]12CCC[C@@](C)(O1)C(O)O2. The van der Waals surface area contributed by atoms with Crippen LogP contribution in [0.25, 0.3) is 0 Å². The maximum Gasteiger partial charge on any atom is 0.187 e. The van der Waals surface area contributed by atoms with E-state index in [2.05, 4.69) is 0 Å². The highest BCUT2D eigenvalue weighted by Gasteiger charge is 2.54. The molecule has 0 radical (unpaired) electrons. The summed E-state index contributed by atoms with van der Waals surface area (Å²) in [7, 11) is 0. The highest BCUT2D eigenvalue weighted by molar-refractivity contribution is 4.92. The zero-order chi connectivity index (χ0) is 8.11. The molecule has 2 aliphatic rings. The Kier molecular flexibility index (Phi) is 1.35. The van der Waals surface area contributed by atoms with Crippen LogP contribution >= 0.6 is 0 Å². The molecular formula is C8H14O3. The molecule has 0 spiro atoms. The summed E-state index contributed by atoms with van der Waals surface area (Å²) < 4.78 is 10.9. The van der Waals surface area contributed by atoms with Gasteiger partial charge in [0.2, 0.25) is 0 Å². The molecule has 2 bridgehead atoms. The normalized spacial score (nSPS) is 56.5. The second-order valence-corrected chi connectivity index (χ2v) is 3.87. The van der Waals surface area contributed by atoms with Crippen molar-refractivity contribution >= 4 is 0 Å². The molecule has 1 unspecified atom stereocenters. The molecule has 0 amide bonds. The largest absolute Gasteiger partial charge is 0.366 e. The maximum absolute atomic E-state index is 9.48. The lowest BCUT2D eigenvalue weighted by atomic mass is 9.94. The van der Waals surface area contributed by atoms with Crippen LogP contribution < -0.4 is 0 Å². The van der Waals surface area contributed by atoms with E-state index >= 15 is 0 Å². The Morgan fingerprint density at radius 3 is 2.64 bits per heavy atom. The van der Waals surface area contributed by atoms with Crippen molar-refractivity contribution in [1.29, 1.82) is 0 Å². The fraction of sp³-hybridized carbons (Fsp3) is 1.00. The van der Waals surface area contributed by atoms with Crippen molar-refractivity contribution in [1.82, 2.24) is 0 Å². The molecule has 11 heavy (non-hydrogen) atoms. The van der Waals surface area contributed by atoms with Gasteiger partial charge < -0.3 is 14.6 Å². The molecule has 64 valence electrons. The summed E-state index contributed by atoms with van der Waals surface area (Å²) in [6, 6.07) is 0. The number of hydrogen-bond donors (Lipinski definition) is 1. The topological polar surface area (TPSA) is 38.7 Å². The number of ether oxygens (including phenoxy) is 2. The summed E-state index contributed by atoms with van der Waals surface area (Å²) in [5.41, 5.74) is -0.451. The van der Waals surface area contributed by atoms with E-state index in [-0.39, 0.29) is 0 Å². The summed E-state index contributed by atoms with van der Waals surface area (Å²) in [5, 5.41) is 9.48. The highest BCUT2D eigenvalue weighted by Crippen LogP contribution is 2.45. The average molecular weight is 158 g/mol. The zero-order valence-corrected chi connectivity index (χ0v) is 6.96. The number of aliphatic hydroxyl groups excluding tert-OH is 1. The van der Waals surface area contributed by atoms with E-state index in [0.29, 0.717) is 0 Å². The van der Waals surface area contributed by atoms with Gasteiger partial charge in [-0.2, -0.15) is 0 Å². The van der Waals surface area contributed by atoms with Crippen molar-refractivity contribution in [3.8, 4) is 0 Å². The standard InChI is InChI=1S/C8H14O3/c1-7-4-3-5-8(2,11-7)10-6(7)9/h6,9H,3-5H2,1-2H3/t6?,7-,8+/m1/s1. The second kappa shape index (κ2) is 1.97. The lowest BCUT2D eigenvalue weighted by molar-refractivity contribution is -0.203. The first-order chi connectivity index (χ1) is 5.04. The minimum absolute atomic E-state index is 0.451. The zero-order valence-electron chi connectivity index (χ0n) is 6.96. The van der Waals surface area contributed by atoms with E-state index in [1.165, 1.54) is 0 Å². The molecule has 0 aliphatic carbocycles. The van der Waals surface area contributed by atoms with Crippen LogP contribution in [0.2, 0.25) is 0 Å². The van der Waals surface area contributed by atoms with Crippen LogP contribution in [0.3, 0.4) is 0 Å². The van der Waals surface area contributed by atoms with E-state index in [4.69, 9.17) is 9.47 Å². The summed E-state index contributed by atoms with van der Waals surface area (Å²) in [5.74, 6) is -0.521. The minimum atomic E-state index is -0.741. The van der Waals surface area contributed by atoms with Crippen molar-refractivity contribution in [3.05, 3.63) is 0 Å². The maximum atomic E-state index is 9.48. The van der Waals surface area contributed by atoms with Crippen molar-refractivity contribution in [2.45, 2.75) is 50.8 Å². The summed E-state index contributed by atoms with van der Waals surface area (Å²) in [6.07, 6.45) is 2.11. The van der Waals surface area contributed by atoms with Gasteiger partial charge in [0, 0.05) is 6.42 Å². The van der Waals surface area contributed by atoms with Gasteiger partial charge in [-0.05, 0) is 26.7 Å². The highest BCUT2D eigenvalue weighted by atomic mass is 16.8. The van der Waals surface area contributed by atoms with Gasteiger partial charge in [0.1, 0.15) is 5.60 Å². The fourth-order valence-corrected chi connectivity index (χ4v) is 1.97. The molecular weight excluding hydrogens is 144 g/mol. The average Bonchev–Trinajstić information content (AvgIpc) is 1.99. The second-order valence-electron chi connectivity index (χ2n) is 3.87. The molecule has 2 heterocycles. The van der Waals surface area contributed by atoms with Crippen molar-refractivity contribution in [2.75, 3.05) is 0 Å². The van der Waals surface area contributed by atoms with Crippen molar-refractivity contribution in [3.63, 3.8) is 0 Å². The quantitative estimate of drug-likeness (QED) is 0.571. The van der Waals surface area contributed by atoms with E-state index in [1.54, 1.807) is 0 Å². The Hall–Kier alpha value is -0.120. The molecule has 3 atom stereocenters. The molecule has 1 N–H and O–H groups in total. The third kappa shape index (κ3) is 0.991. The predicted molar refractivity (Wildman–Crippen MR) is 38.8 cm³/mol. The Morgan fingerprint density at radius 2 is 2.09 bits per heavy atom. The Balaban J connectivity index is 2.26. The molecule has 3 heteroatoms. The van der Waals surface area contributed by atoms with Gasteiger partial charge in [-0.1, -0.05) is 0 Å². The Labute approximate surface area is 66.3 Å². The van der Waals surface area contributed by atoms with E-state index in [0.717, 1.165) is 19.3 Å². The molecule has 0 aromatic heterocycles. The molecule has 3 nitrogen and oxygen atoms in total. The molecule has 2 fully saturated rings. The lowest BCUT2D eigenvalue weighted by Gasteiger charge is -2.32. The number of fused-ring (bicyclic) bond motifs is 2. The minimum Gasteiger partial charge on any atom is -0.366 e. The van der Waals surface area contributed by atoms with Crippen LogP contribution in [0, 0.1) is 0 Å². The van der Waals surface area contributed by atoms with Gasteiger partial charge >= 0.3 is 0 Å². The number of hydrogen-bond acceptors (Lipinski definition) is 3. The molecule has 2 saturated heterocycles. The van der Waals surface area contributed by atoms with Crippen molar-refractivity contribution in [2.24, 2.45) is 0 Å². The first-order valence-corrected chi connectivity index (χ1v) is 4.10. The first kappa shape index (κ1) is 7.53. The monoisotopic (exact) mass is 158 g/mol. The van der Waals surface area contributed by atoms with Crippen LogP contribution in [0.5, 0.6) is 0 Å².